The number of aromatic nitrogens is 1. The molecule has 0 aliphatic heterocycles. The van der Waals surface area contributed by atoms with Crippen LogP contribution in [0.15, 0.2) is 0 Å². The second-order valence-electron chi connectivity index (χ2n) is 6.69. The Balaban J connectivity index is 1.75. The van der Waals surface area contributed by atoms with E-state index >= 15 is 0 Å². The number of aromatic amines is 1. The lowest BCUT2D eigenvalue weighted by molar-refractivity contribution is 0.0917. The molecule has 1 aromatic rings. The molecule has 1 heterocycles. The lowest BCUT2D eigenvalue weighted by Crippen LogP contribution is -2.37. The number of aryl methyl sites for hydroxylation is 1. The highest BCUT2D eigenvalue weighted by atomic mass is 16.2. The van der Waals surface area contributed by atoms with Gasteiger partial charge in [0.25, 0.3) is 5.91 Å². The second kappa shape index (κ2) is 5.66. The molecule has 21 heavy (non-hydrogen) atoms. The molecule has 1 fully saturated rings. The number of ketones is 1. The van der Waals surface area contributed by atoms with E-state index < -0.39 is 0 Å². The van der Waals surface area contributed by atoms with E-state index in [1.165, 1.54) is 12.8 Å². The molecular formula is C17H24N2O2. The third-order valence-corrected chi connectivity index (χ3v) is 5.02. The third-order valence-electron chi connectivity index (χ3n) is 5.02. The fourth-order valence-corrected chi connectivity index (χ4v) is 3.66. The lowest BCUT2D eigenvalue weighted by atomic mass is 9.87. The number of rotatable bonds is 2. The molecule has 2 aliphatic carbocycles. The molecule has 2 N–H and O–H groups in total. The summed E-state index contributed by atoms with van der Waals surface area (Å²) in [5.41, 5.74) is 3.14. The van der Waals surface area contributed by atoms with Gasteiger partial charge in [0.15, 0.2) is 5.78 Å². The van der Waals surface area contributed by atoms with E-state index in [2.05, 4.69) is 17.2 Å². The minimum absolute atomic E-state index is 0.0470. The quantitative estimate of drug-likeness (QED) is 0.878. The zero-order valence-corrected chi connectivity index (χ0v) is 12.9. The van der Waals surface area contributed by atoms with E-state index in [1.807, 2.05) is 6.92 Å². The van der Waals surface area contributed by atoms with Crippen molar-refractivity contribution >= 4 is 11.7 Å². The van der Waals surface area contributed by atoms with Crippen molar-refractivity contribution < 1.29 is 9.59 Å². The molecule has 114 valence electrons. The fourth-order valence-electron chi connectivity index (χ4n) is 3.66. The van der Waals surface area contributed by atoms with Gasteiger partial charge in [-0.2, -0.15) is 0 Å². The van der Waals surface area contributed by atoms with Crippen molar-refractivity contribution in [3.05, 3.63) is 22.5 Å². The molecule has 0 saturated heterocycles. The Labute approximate surface area is 125 Å². The van der Waals surface area contributed by atoms with Crippen molar-refractivity contribution in [2.45, 2.75) is 64.8 Å². The second-order valence-corrected chi connectivity index (χ2v) is 6.69. The average Bonchev–Trinajstić information content (AvgIpc) is 2.80. The number of fused-ring (bicyclic) bond motifs is 1. The number of amides is 1. The Kier molecular flexibility index (Phi) is 3.87. The van der Waals surface area contributed by atoms with Gasteiger partial charge in [-0.1, -0.05) is 6.92 Å². The van der Waals surface area contributed by atoms with Crippen LogP contribution in [0.5, 0.6) is 0 Å². The van der Waals surface area contributed by atoms with Gasteiger partial charge in [-0.15, -0.1) is 0 Å². The van der Waals surface area contributed by atoms with Gasteiger partial charge in [-0.05, 0) is 56.9 Å². The van der Waals surface area contributed by atoms with Crippen LogP contribution in [0.25, 0.3) is 0 Å². The maximum absolute atomic E-state index is 12.5. The molecule has 3 rings (SSSR count). The number of Topliss-reactive ketones (excluding diaryl/α,β-unsaturated/α-hetero) is 1. The van der Waals surface area contributed by atoms with Crippen molar-refractivity contribution in [1.82, 2.24) is 10.3 Å². The van der Waals surface area contributed by atoms with Crippen LogP contribution >= 0.6 is 0 Å². The molecule has 2 aliphatic rings. The third kappa shape index (κ3) is 2.76. The molecule has 4 nitrogen and oxygen atoms in total. The zero-order chi connectivity index (χ0) is 15.0. The molecule has 0 unspecified atom stereocenters. The van der Waals surface area contributed by atoms with E-state index in [4.69, 9.17) is 0 Å². The van der Waals surface area contributed by atoms with E-state index in [0.29, 0.717) is 12.1 Å². The largest absolute Gasteiger partial charge is 0.354 e. The van der Waals surface area contributed by atoms with E-state index in [1.54, 1.807) is 0 Å². The molecule has 1 saturated carbocycles. The number of hydrogen-bond acceptors (Lipinski definition) is 2. The highest BCUT2D eigenvalue weighted by molar-refractivity contribution is 6.04. The summed E-state index contributed by atoms with van der Waals surface area (Å²) >= 11 is 0. The molecule has 0 spiro atoms. The first kappa shape index (κ1) is 14.4. The lowest BCUT2D eigenvalue weighted by Gasteiger charge is -2.26. The van der Waals surface area contributed by atoms with Crippen LogP contribution in [0.4, 0.5) is 0 Å². The highest BCUT2D eigenvalue weighted by Crippen LogP contribution is 2.27. The first-order chi connectivity index (χ1) is 10.1. The van der Waals surface area contributed by atoms with Gasteiger partial charge < -0.3 is 10.3 Å². The summed E-state index contributed by atoms with van der Waals surface area (Å²) < 4.78 is 0. The maximum Gasteiger partial charge on any atom is 0.268 e. The van der Waals surface area contributed by atoms with Crippen molar-refractivity contribution in [1.29, 1.82) is 0 Å². The van der Waals surface area contributed by atoms with Gasteiger partial charge in [-0.25, -0.2) is 0 Å². The zero-order valence-electron chi connectivity index (χ0n) is 12.9. The summed E-state index contributed by atoms with van der Waals surface area (Å²) in [5, 5.41) is 3.14. The van der Waals surface area contributed by atoms with E-state index in [-0.39, 0.29) is 17.7 Å². The Hall–Kier alpha value is -1.58. The van der Waals surface area contributed by atoms with Crippen LogP contribution in [0.3, 0.4) is 0 Å². The minimum Gasteiger partial charge on any atom is -0.354 e. The molecule has 0 aromatic carbocycles. The smallest absolute Gasteiger partial charge is 0.268 e. The molecule has 0 bridgehead atoms. The summed E-state index contributed by atoms with van der Waals surface area (Å²) in [6.45, 7) is 4.16. The minimum atomic E-state index is -0.0470. The molecule has 4 heteroatoms. The Morgan fingerprint density at radius 2 is 1.90 bits per heavy atom. The van der Waals surface area contributed by atoms with Gasteiger partial charge >= 0.3 is 0 Å². The molecular weight excluding hydrogens is 264 g/mol. The summed E-state index contributed by atoms with van der Waals surface area (Å²) in [6, 6.07) is 0.282. The van der Waals surface area contributed by atoms with Gasteiger partial charge in [0, 0.05) is 23.7 Å². The van der Waals surface area contributed by atoms with Crippen molar-refractivity contribution in [3.8, 4) is 0 Å². The van der Waals surface area contributed by atoms with E-state index in [0.717, 1.165) is 48.4 Å². The van der Waals surface area contributed by atoms with Crippen molar-refractivity contribution in [2.24, 2.45) is 5.92 Å². The number of H-pyrrole nitrogens is 1. The number of hydrogen-bond donors (Lipinski definition) is 2. The van der Waals surface area contributed by atoms with Gasteiger partial charge in [-0.3, -0.25) is 9.59 Å². The standard InChI is InChI=1S/C17H24N2O2/c1-10-6-8-12(9-7-10)18-17(21)16-11(2)15-13(19-16)4-3-5-14(15)20/h10,12,19H,3-9H2,1-2H3,(H,18,21). The molecule has 1 amide bonds. The summed E-state index contributed by atoms with van der Waals surface area (Å²) in [5.74, 6) is 0.903. The molecule has 0 atom stereocenters. The van der Waals surface area contributed by atoms with Crippen molar-refractivity contribution in [3.63, 3.8) is 0 Å². The maximum atomic E-state index is 12.5. The van der Waals surface area contributed by atoms with Crippen LogP contribution in [0, 0.1) is 12.8 Å². The predicted molar refractivity (Wildman–Crippen MR) is 81.7 cm³/mol. The average molecular weight is 288 g/mol. The number of carbonyl (C=O) groups excluding carboxylic acids is 2. The van der Waals surface area contributed by atoms with Crippen molar-refractivity contribution in [2.75, 3.05) is 0 Å². The molecule has 0 radical (unpaired) electrons. The van der Waals surface area contributed by atoms with Crippen LogP contribution in [-0.2, 0) is 6.42 Å². The molecule has 1 aromatic heterocycles. The summed E-state index contributed by atoms with van der Waals surface area (Å²) in [4.78, 5) is 27.7. The number of nitrogens with one attached hydrogen (secondary N) is 2. The van der Waals surface area contributed by atoms with Gasteiger partial charge in [0.1, 0.15) is 5.69 Å². The monoisotopic (exact) mass is 288 g/mol. The van der Waals surface area contributed by atoms with E-state index in [9.17, 15) is 9.59 Å². The topological polar surface area (TPSA) is 62.0 Å². The van der Waals surface area contributed by atoms with Gasteiger partial charge in [0.05, 0.1) is 0 Å². The van der Waals surface area contributed by atoms with Crippen LogP contribution in [-0.4, -0.2) is 22.7 Å². The summed E-state index contributed by atoms with van der Waals surface area (Å²) in [7, 11) is 0. The number of carbonyl (C=O) groups is 2. The van der Waals surface area contributed by atoms with Crippen LogP contribution in [0.1, 0.15) is 77.6 Å². The van der Waals surface area contributed by atoms with Crippen LogP contribution in [0.2, 0.25) is 0 Å². The Morgan fingerprint density at radius 1 is 1.19 bits per heavy atom. The van der Waals surface area contributed by atoms with Crippen LogP contribution < -0.4 is 5.32 Å². The highest BCUT2D eigenvalue weighted by Gasteiger charge is 2.27. The Bertz CT molecular complexity index is 566. The fraction of sp³-hybridized carbons (Fsp3) is 0.647. The predicted octanol–water partition coefficient (Wildman–Crippen LogP) is 3.15. The first-order valence-electron chi connectivity index (χ1n) is 8.11. The first-order valence-corrected chi connectivity index (χ1v) is 8.11. The summed E-state index contributed by atoms with van der Waals surface area (Å²) in [6.07, 6.45) is 6.85. The Morgan fingerprint density at radius 3 is 2.57 bits per heavy atom. The van der Waals surface area contributed by atoms with Gasteiger partial charge in [0.2, 0.25) is 0 Å². The normalized spacial score (nSPS) is 25.5. The SMILES string of the molecule is Cc1c(C(=O)NC2CCC(C)CC2)[nH]c2c1C(=O)CCC2.